The van der Waals surface area contributed by atoms with E-state index in [0.717, 1.165) is 25.7 Å². The first-order valence-corrected chi connectivity index (χ1v) is 10.2. The van der Waals surface area contributed by atoms with Gasteiger partial charge >= 0.3 is 0 Å². The van der Waals surface area contributed by atoms with E-state index in [1.54, 1.807) is 21.6 Å². The average Bonchev–Trinajstić information content (AvgIpc) is 2.44. The number of hydrogen-bond donors (Lipinski definition) is 3. The van der Waals surface area contributed by atoms with Gasteiger partial charge < -0.3 is 15.5 Å². The molecule has 0 saturated heterocycles. The van der Waals surface area contributed by atoms with E-state index in [-0.39, 0.29) is 41.7 Å². The minimum absolute atomic E-state index is 0.0880. The number of amides is 1. The quantitative estimate of drug-likeness (QED) is 0.594. The molecule has 0 aromatic rings. The topological polar surface area (TPSA) is 69.6 Å². The average molecular weight is 336 g/mol. The summed E-state index contributed by atoms with van der Waals surface area (Å²) in [5.74, 6) is 0.486. The van der Waals surface area contributed by atoms with Crippen molar-refractivity contribution in [3.05, 3.63) is 0 Å². The van der Waals surface area contributed by atoms with E-state index >= 15 is 0 Å². The molecule has 1 amide bonds. The van der Waals surface area contributed by atoms with Crippen molar-refractivity contribution in [3.63, 3.8) is 0 Å². The Morgan fingerprint density at radius 3 is 2.24 bits per heavy atom. The van der Waals surface area contributed by atoms with Gasteiger partial charge in [-0.25, -0.2) is 0 Å². The molecule has 3 N–H and O–H groups in total. The number of hydrogen-bond acceptors (Lipinski definition) is 5. The summed E-state index contributed by atoms with van der Waals surface area (Å²) >= 11 is 0. The summed E-state index contributed by atoms with van der Waals surface area (Å²) < 4.78 is 0.102. The molecule has 1 saturated carbocycles. The van der Waals surface area contributed by atoms with E-state index in [2.05, 4.69) is 25.4 Å². The summed E-state index contributed by atoms with van der Waals surface area (Å²) in [5, 5.41) is 21.7. The minimum Gasteiger partial charge on any atom is -0.396 e. The monoisotopic (exact) mass is 335 g/mol. The van der Waals surface area contributed by atoms with Crippen molar-refractivity contribution in [2.24, 2.45) is 11.8 Å². The Morgan fingerprint density at radius 1 is 1.19 bits per heavy atom. The van der Waals surface area contributed by atoms with Crippen molar-refractivity contribution in [1.29, 1.82) is 0 Å². The van der Waals surface area contributed by atoms with Gasteiger partial charge in [-0.1, -0.05) is 21.6 Å². The van der Waals surface area contributed by atoms with E-state index in [9.17, 15) is 15.0 Å². The van der Waals surface area contributed by atoms with Gasteiger partial charge in [0.05, 0.1) is 0 Å². The maximum Gasteiger partial charge on any atom is 0.220 e. The predicted molar refractivity (Wildman–Crippen MR) is 91.4 cm³/mol. The smallest absolute Gasteiger partial charge is 0.220 e. The van der Waals surface area contributed by atoms with Gasteiger partial charge in [-0.15, -0.1) is 0 Å². The molecule has 0 bridgehead atoms. The van der Waals surface area contributed by atoms with Crippen LogP contribution in [0.25, 0.3) is 0 Å². The molecule has 1 rings (SSSR count). The van der Waals surface area contributed by atoms with Crippen LogP contribution >= 0.6 is 21.6 Å². The number of nitrogens with one attached hydrogen (secondary N) is 1. The molecule has 124 valence electrons. The number of rotatable bonds is 8. The van der Waals surface area contributed by atoms with Gasteiger partial charge in [0.2, 0.25) is 5.91 Å². The van der Waals surface area contributed by atoms with Gasteiger partial charge in [-0.3, -0.25) is 4.79 Å². The highest BCUT2D eigenvalue weighted by molar-refractivity contribution is 8.76. The Labute approximate surface area is 136 Å². The largest absolute Gasteiger partial charge is 0.396 e. The lowest BCUT2D eigenvalue weighted by molar-refractivity contribution is -0.122. The fourth-order valence-corrected chi connectivity index (χ4v) is 5.20. The first-order valence-electron chi connectivity index (χ1n) is 7.63. The molecule has 1 aliphatic carbocycles. The van der Waals surface area contributed by atoms with E-state index in [1.807, 2.05) is 0 Å². The molecule has 4 nitrogen and oxygen atoms in total. The third-order valence-electron chi connectivity index (χ3n) is 4.05. The molecule has 2 unspecified atom stereocenters. The Hall–Kier alpha value is 0.0900. The Morgan fingerprint density at radius 2 is 1.76 bits per heavy atom. The standard InChI is InChI=1S/C15H29NO3S2/c1-15(2,21-20-3)5-4-14(19)16-13-7-11(9-17)6-12(8-13)10-18/h11-13,17-18H,4-10H2,1-3H3,(H,16,19). The minimum atomic E-state index is 0.0880. The van der Waals surface area contributed by atoms with Crippen LogP contribution < -0.4 is 5.32 Å². The highest BCUT2D eigenvalue weighted by Gasteiger charge is 2.29. The van der Waals surface area contributed by atoms with E-state index in [0.29, 0.717) is 6.42 Å². The van der Waals surface area contributed by atoms with Crippen LogP contribution in [0.2, 0.25) is 0 Å². The number of aliphatic hydroxyl groups excluding tert-OH is 2. The zero-order chi connectivity index (χ0) is 15.9. The lowest BCUT2D eigenvalue weighted by atomic mass is 9.79. The second-order valence-electron chi connectivity index (χ2n) is 6.58. The SMILES string of the molecule is CSSC(C)(C)CCC(=O)NC1CC(CO)CC(CO)C1. The highest BCUT2D eigenvalue weighted by Crippen LogP contribution is 2.37. The Bertz CT molecular complexity index is 314. The first-order chi connectivity index (χ1) is 9.90. The zero-order valence-electron chi connectivity index (χ0n) is 13.3. The molecule has 0 aromatic carbocycles. The molecular weight excluding hydrogens is 306 g/mol. The van der Waals surface area contributed by atoms with Crippen molar-refractivity contribution < 1.29 is 15.0 Å². The van der Waals surface area contributed by atoms with Crippen LogP contribution in [0.4, 0.5) is 0 Å². The molecule has 21 heavy (non-hydrogen) atoms. The molecule has 0 radical (unpaired) electrons. The summed E-state index contributed by atoms with van der Waals surface area (Å²) in [6.45, 7) is 4.60. The summed E-state index contributed by atoms with van der Waals surface area (Å²) in [6, 6.07) is 0.0943. The van der Waals surface area contributed by atoms with Crippen LogP contribution in [0.15, 0.2) is 0 Å². The molecule has 0 heterocycles. The van der Waals surface area contributed by atoms with Crippen molar-refractivity contribution in [2.75, 3.05) is 19.5 Å². The summed E-state index contributed by atoms with van der Waals surface area (Å²) in [7, 11) is 3.53. The summed E-state index contributed by atoms with van der Waals surface area (Å²) in [6.07, 6.45) is 5.94. The van der Waals surface area contributed by atoms with Crippen molar-refractivity contribution in [3.8, 4) is 0 Å². The predicted octanol–water partition coefficient (Wildman–Crippen LogP) is 2.44. The fraction of sp³-hybridized carbons (Fsp3) is 0.933. The van der Waals surface area contributed by atoms with Gasteiger partial charge in [0.1, 0.15) is 0 Å². The van der Waals surface area contributed by atoms with Crippen molar-refractivity contribution in [1.82, 2.24) is 5.32 Å². The van der Waals surface area contributed by atoms with E-state index in [1.165, 1.54) is 0 Å². The van der Waals surface area contributed by atoms with Crippen LogP contribution in [-0.4, -0.2) is 46.4 Å². The van der Waals surface area contributed by atoms with Crippen LogP contribution in [0.3, 0.4) is 0 Å². The number of carbonyl (C=O) groups excluding carboxylic acids is 1. The van der Waals surface area contributed by atoms with Gasteiger partial charge in [-0.2, -0.15) is 0 Å². The zero-order valence-corrected chi connectivity index (χ0v) is 14.9. The van der Waals surface area contributed by atoms with Gasteiger partial charge in [0.25, 0.3) is 0 Å². The summed E-state index contributed by atoms with van der Waals surface area (Å²) in [5.41, 5.74) is 0. The van der Waals surface area contributed by atoms with Gasteiger partial charge in [-0.05, 0) is 57.6 Å². The van der Waals surface area contributed by atoms with Crippen LogP contribution in [-0.2, 0) is 4.79 Å². The van der Waals surface area contributed by atoms with Crippen LogP contribution in [0.5, 0.6) is 0 Å². The maximum absolute atomic E-state index is 12.1. The van der Waals surface area contributed by atoms with Gasteiger partial charge in [0, 0.05) is 30.4 Å². The fourth-order valence-electron chi connectivity index (χ4n) is 2.96. The van der Waals surface area contributed by atoms with Crippen LogP contribution in [0.1, 0.15) is 46.0 Å². The number of carbonyl (C=O) groups is 1. The number of aliphatic hydroxyl groups is 2. The Kier molecular flexibility index (Phi) is 8.46. The second kappa shape index (κ2) is 9.28. The highest BCUT2D eigenvalue weighted by atomic mass is 33.1. The lowest BCUT2D eigenvalue weighted by Gasteiger charge is -2.34. The second-order valence-corrected chi connectivity index (χ2v) is 9.68. The Balaban J connectivity index is 2.39. The van der Waals surface area contributed by atoms with Crippen LogP contribution in [0, 0.1) is 11.8 Å². The third kappa shape index (κ3) is 7.26. The molecular formula is C15H29NO3S2. The maximum atomic E-state index is 12.1. The van der Waals surface area contributed by atoms with E-state index in [4.69, 9.17) is 0 Å². The first kappa shape index (κ1) is 19.1. The molecule has 0 spiro atoms. The van der Waals surface area contributed by atoms with Gasteiger partial charge in [0.15, 0.2) is 0 Å². The van der Waals surface area contributed by atoms with E-state index < -0.39 is 0 Å². The molecule has 6 heteroatoms. The molecule has 1 fully saturated rings. The molecule has 0 aromatic heterocycles. The normalized spacial score (nSPS) is 26.6. The van der Waals surface area contributed by atoms with Crippen molar-refractivity contribution in [2.45, 2.75) is 56.7 Å². The summed E-state index contributed by atoms with van der Waals surface area (Å²) in [4.78, 5) is 12.1. The third-order valence-corrected chi connectivity index (χ3v) is 6.72. The lowest BCUT2D eigenvalue weighted by Crippen LogP contribution is -2.42. The molecule has 1 aliphatic rings. The molecule has 2 atom stereocenters. The molecule has 0 aliphatic heterocycles. The van der Waals surface area contributed by atoms with Crippen molar-refractivity contribution >= 4 is 27.5 Å².